The van der Waals surface area contributed by atoms with Crippen molar-refractivity contribution in [2.45, 2.75) is 10.3 Å². The van der Waals surface area contributed by atoms with E-state index in [4.69, 9.17) is 4.98 Å². The molecule has 0 unspecified atom stereocenters. The summed E-state index contributed by atoms with van der Waals surface area (Å²) in [6.45, 7) is 0. The van der Waals surface area contributed by atoms with Crippen LogP contribution in [0.3, 0.4) is 0 Å². The molecule has 7 heteroatoms. The molecule has 2 aromatic carbocycles. The summed E-state index contributed by atoms with van der Waals surface area (Å²) in [4.78, 5) is 9.35. The second kappa shape index (κ2) is 5.77. The molecule has 0 amide bonds. The Morgan fingerprint density at radius 2 is 1.70 bits per heavy atom. The summed E-state index contributed by atoms with van der Waals surface area (Å²) in [5.41, 5.74) is 2.87. The molecule has 0 saturated heterocycles. The summed E-state index contributed by atoms with van der Waals surface area (Å²) in [5.74, 6) is 0. The third-order valence-corrected chi connectivity index (χ3v) is 4.29. The molecule has 4 aromatic rings. The van der Waals surface area contributed by atoms with Crippen LogP contribution in [0.1, 0.15) is 0 Å². The average molecular weight is 320 g/mol. The van der Waals surface area contributed by atoms with Crippen molar-refractivity contribution < 1.29 is 0 Å². The van der Waals surface area contributed by atoms with Crippen molar-refractivity contribution in [1.82, 2.24) is 30.2 Å². The van der Waals surface area contributed by atoms with E-state index >= 15 is 0 Å². The molecule has 23 heavy (non-hydrogen) atoms. The Morgan fingerprint density at radius 1 is 0.913 bits per heavy atom. The van der Waals surface area contributed by atoms with Gasteiger partial charge in [-0.1, -0.05) is 48.5 Å². The molecular weight excluding hydrogens is 308 g/mol. The van der Waals surface area contributed by atoms with Gasteiger partial charge in [-0.3, -0.25) is 0 Å². The minimum Gasteiger partial charge on any atom is -0.223 e. The first-order chi connectivity index (χ1) is 11.3. The lowest BCUT2D eigenvalue weighted by molar-refractivity contribution is 0.663. The van der Waals surface area contributed by atoms with Crippen molar-refractivity contribution in [3.8, 4) is 11.3 Å². The van der Waals surface area contributed by atoms with E-state index in [9.17, 15) is 0 Å². The maximum atomic E-state index is 4.73. The molecule has 0 aliphatic heterocycles. The lowest BCUT2D eigenvalue weighted by atomic mass is 10.1. The van der Waals surface area contributed by atoms with Crippen LogP contribution in [0.25, 0.3) is 22.2 Å². The van der Waals surface area contributed by atoms with Gasteiger partial charge < -0.3 is 0 Å². The number of hydrogen-bond donors (Lipinski definition) is 0. The van der Waals surface area contributed by atoms with Gasteiger partial charge in [0.2, 0.25) is 5.16 Å². The second-order valence-electron chi connectivity index (χ2n) is 4.93. The Kier molecular flexibility index (Phi) is 3.47. The number of para-hydroxylation sites is 1. The van der Waals surface area contributed by atoms with E-state index in [0.717, 1.165) is 22.2 Å². The minimum atomic E-state index is 0.625. The number of aromatic nitrogens is 6. The SMILES string of the molecule is Cn1nnnc1Sc1nc(-c2ccccc2)c2ccccc2n1. The van der Waals surface area contributed by atoms with E-state index in [1.807, 2.05) is 54.6 Å². The van der Waals surface area contributed by atoms with Crippen LogP contribution < -0.4 is 0 Å². The van der Waals surface area contributed by atoms with Gasteiger partial charge in [-0.2, -0.15) is 0 Å². The smallest absolute Gasteiger partial charge is 0.216 e. The average Bonchev–Trinajstić information content (AvgIpc) is 3.00. The van der Waals surface area contributed by atoms with Gasteiger partial charge in [0.15, 0.2) is 5.16 Å². The molecule has 0 radical (unpaired) electrons. The van der Waals surface area contributed by atoms with E-state index in [-0.39, 0.29) is 0 Å². The van der Waals surface area contributed by atoms with Crippen LogP contribution in [0.4, 0.5) is 0 Å². The summed E-state index contributed by atoms with van der Waals surface area (Å²) in [5, 5.41) is 13.8. The highest BCUT2D eigenvalue weighted by molar-refractivity contribution is 7.99. The molecule has 0 aliphatic rings. The van der Waals surface area contributed by atoms with Gasteiger partial charge in [0.1, 0.15) is 0 Å². The molecule has 0 spiro atoms. The lowest BCUT2D eigenvalue weighted by Gasteiger charge is -2.08. The third-order valence-electron chi connectivity index (χ3n) is 3.39. The lowest BCUT2D eigenvalue weighted by Crippen LogP contribution is -1.97. The van der Waals surface area contributed by atoms with E-state index in [2.05, 4.69) is 20.5 Å². The van der Waals surface area contributed by atoms with Crippen LogP contribution in [0.2, 0.25) is 0 Å². The van der Waals surface area contributed by atoms with E-state index in [1.54, 1.807) is 11.7 Å². The fourth-order valence-corrected chi connectivity index (χ4v) is 3.00. The van der Waals surface area contributed by atoms with Crippen molar-refractivity contribution in [2.24, 2.45) is 7.05 Å². The Labute approximate surface area is 136 Å². The minimum absolute atomic E-state index is 0.625. The van der Waals surface area contributed by atoms with Gasteiger partial charge in [0.25, 0.3) is 0 Å². The summed E-state index contributed by atoms with van der Waals surface area (Å²) >= 11 is 1.35. The molecule has 2 heterocycles. The molecule has 0 atom stereocenters. The van der Waals surface area contributed by atoms with Gasteiger partial charge in [0.05, 0.1) is 11.2 Å². The number of benzene rings is 2. The standard InChI is InChI=1S/C16H12N6S/c1-22-16(19-20-21-22)23-15-17-13-10-6-5-9-12(13)14(18-15)11-7-3-2-4-8-11/h2-10H,1H3. The van der Waals surface area contributed by atoms with Gasteiger partial charge >= 0.3 is 0 Å². The number of aryl methyl sites for hydroxylation is 1. The first-order valence-electron chi connectivity index (χ1n) is 7.04. The Bertz CT molecular complexity index is 967. The predicted octanol–water partition coefficient (Wildman–Crippen LogP) is 2.97. The van der Waals surface area contributed by atoms with E-state index in [1.165, 1.54) is 11.8 Å². The van der Waals surface area contributed by atoms with Gasteiger partial charge in [-0.25, -0.2) is 14.6 Å². The van der Waals surface area contributed by atoms with Crippen LogP contribution in [0.15, 0.2) is 64.9 Å². The molecular formula is C16H12N6S. The number of rotatable bonds is 3. The van der Waals surface area contributed by atoms with Crippen molar-refractivity contribution in [3.05, 3.63) is 54.6 Å². The molecule has 0 saturated carbocycles. The highest BCUT2D eigenvalue weighted by Crippen LogP contribution is 2.30. The summed E-state index contributed by atoms with van der Waals surface area (Å²) in [6, 6.07) is 18.1. The Hall–Kier alpha value is -2.80. The predicted molar refractivity (Wildman–Crippen MR) is 87.9 cm³/mol. The highest BCUT2D eigenvalue weighted by atomic mass is 32.2. The van der Waals surface area contributed by atoms with Crippen LogP contribution in [-0.2, 0) is 7.05 Å². The van der Waals surface area contributed by atoms with Gasteiger partial charge in [0, 0.05) is 18.0 Å². The third kappa shape index (κ3) is 2.66. The summed E-state index contributed by atoms with van der Waals surface area (Å²) < 4.78 is 1.60. The van der Waals surface area contributed by atoms with Crippen molar-refractivity contribution in [2.75, 3.05) is 0 Å². The summed E-state index contributed by atoms with van der Waals surface area (Å²) in [6.07, 6.45) is 0. The zero-order valence-electron chi connectivity index (χ0n) is 12.3. The van der Waals surface area contributed by atoms with E-state index < -0.39 is 0 Å². The molecule has 0 N–H and O–H groups in total. The Balaban J connectivity index is 1.89. The molecule has 0 fully saturated rings. The Morgan fingerprint density at radius 3 is 2.48 bits per heavy atom. The molecule has 6 nitrogen and oxygen atoms in total. The maximum absolute atomic E-state index is 4.73. The molecule has 0 bridgehead atoms. The van der Waals surface area contributed by atoms with Gasteiger partial charge in [-0.15, -0.1) is 5.10 Å². The van der Waals surface area contributed by atoms with Crippen LogP contribution in [0, 0.1) is 0 Å². The van der Waals surface area contributed by atoms with Crippen molar-refractivity contribution in [1.29, 1.82) is 0 Å². The largest absolute Gasteiger partial charge is 0.223 e. The zero-order valence-corrected chi connectivity index (χ0v) is 13.1. The topological polar surface area (TPSA) is 69.4 Å². The molecule has 0 aliphatic carbocycles. The number of hydrogen-bond acceptors (Lipinski definition) is 6. The normalized spacial score (nSPS) is 11.0. The zero-order chi connectivity index (χ0) is 15.6. The van der Waals surface area contributed by atoms with Crippen molar-refractivity contribution in [3.63, 3.8) is 0 Å². The number of nitrogens with zero attached hydrogens (tertiary/aromatic N) is 6. The number of tetrazole rings is 1. The monoisotopic (exact) mass is 320 g/mol. The maximum Gasteiger partial charge on any atom is 0.216 e. The van der Waals surface area contributed by atoms with Crippen LogP contribution in [0.5, 0.6) is 0 Å². The first-order valence-corrected chi connectivity index (χ1v) is 7.85. The molecule has 112 valence electrons. The van der Waals surface area contributed by atoms with Gasteiger partial charge in [-0.05, 0) is 28.3 Å². The first kappa shape index (κ1) is 13.8. The number of fused-ring (bicyclic) bond motifs is 1. The van der Waals surface area contributed by atoms with E-state index in [0.29, 0.717) is 10.3 Å². The quantitative estimate of drug-likeness (QED) is 0.541. The van der Waals surface area contributed by atoms with Crippen molar-refractivity contribution >= 4 is 22.7 Å². The van der Waals surface area contributed by atoms with Crippen LogP contribution >= 0.6 is 11.8 Å². The van der Waals surface area contributed by atoms with Crippen LogP contribution in [-0.4, -0.2) is 30.2 Å². The molecule has 4 rings (SSSR count). The fourth-order valence-electron chi connectivity index (χ4n) is 2.31. The fraction of sp³-hybridized carbons (Fsp3) is 0.0625. The summed E-state index contributed by atoms with van der Waals surface area (Å²) in [7, 11) is 1.79. The second-order valence-corrected chi connectivity index (χ2v) is 5.86. The molecule has 2 aromatic heterocycles. The highest BCUT2D eigenvalue weighted by Gasteiger charge is 2.13.